The molecule has 0 aromatic rings. The van der Waals surface area contributed by atoms with Crippen LogP contribution in [0.5, 0.6) is 0 Å². The molecule has 1 saturated heterocycles. The van der Waals surface area contributed by atoms with Gasteiger partial charge < -0.3 is 20.8 Å². The minimum atomic E-state index is -1.24. The third-order valence-corrected chi connectivity index (χ3v) is 3.21. The number of carbonyl (C=O) groups is 2. The van der Waals surface area contributed by atoms with Gasteiger partial charge in [-0.15, -0.1) is 0 Å². The van der Waals surface area contributed by atoms with Crippen molar-refractivity contribution < 1.29 is 19.8 Å². The number of hydrogen-bond acceptors (Lipinski definition) is 4. The van der Waals surface area contributed by atoms with Crippen molar-refractivity contribution in [3.63, 3.8) is 0 Å². The monoisotopic (exact) mass is 234 g/mol. The van der Waals surface area contributed by atoms with E-state index in [1.54, 1.807) is 11.8 Å². The topological polar surface area (TPSA) is 98.7 Å². The molecule has 1 aliphatic rings. The minimum absolute atomic E-state index is 0.100. The lowest BCUT2D eigenvalue weighted by atomic mass is 10.3. The summed E-state index contributed by atoms with van der Waals surface area (Å²) in [4.78, 5) is 21.8. The quantitative estimate of drug-likeness (QED) is 0.512. The van der Waals surface area contributed by atoms with E-state index in [4.69, 9.17) is 10.2 Å². The summed E-state index contributed by atoms with van der Waals surface area (Å²) in [5.41, 5.74) is 0. The maximum absolute atomic E-state index is 11.3. The second kappa shape index (κ2) is 5.82. The number of nitrogens with one attached hydrogen (secondary N) is 2. The number of aliphatic hydroxyl groups is 1. The molecule has 2 amide bonds. The molecule has 0 aromatic carbocycles. The lowest BCUT2D eigenvalue weighted by molar-refractivity contribution is -0.140. The second-order valence-corrected chi connectivity index (χ2v) is 4.40. The van der Waals surface area contributed by atoms with Crippen molar-refractivity contribution in [2.45, 2.75) is 18.5 Å². The molecule has 7 heteroatoms. The predicted octanol–water partition coefficient (Wildman–Crippen LogP) is -0.763. The summed E-state index contributed by atoms with van der Waals surface area (Å²) >= 11 is 1.75. The number of urea groups is 1. The summed E-state index contributed by atoms with van der Waals surface area (Å²) in [5, 5.41) is 22.1. The van der Waals surface area contributed by atoms with Gasteiger partial charge in [-0.1, -0.05) is 0 Å². The van der Waals surface area contributed by atoms with Gasteiger partial charge in [0.15, 0.2) is 6.04 Å². The maximum atomic E-state index is 11.3. The summed E-state index contributed by atoms with van der Waals surface area (Å²) in [5.74, 6) is 0.617. The van der Waals surface area contributed by atoms with Crippen LogP contribution in [0.25, 0.3) is 0 Å². The van der Waals surface area contributed by atoms with E-state index in [1.165, 1.54) is 0 Å². The van der Waals surface area contributed by atoms with E-state index >= 15 is 0 Å². The van der Waals surface area contributed by atoms with E-state index in [2.05, 4.69) is 10.6 Å². The molecule has 0 bridgehead atoms. The van der Waals surface area contributed by atoms with Crippen LogP contribution in [-0.4, -0.2) is 52.4 Å². The Morgan fingerprint density at radius 3 is 2.73 bits per heavy atom. The zero-order valence-electron chi connectivity index (χ0n) is 8.10. The Labute approximate surface area is 91.4 Å². The fraction of sp³-hybridized carbons (Fsp3) is 0.750. The minimum Gasteiger partial charge on any atom is -0.480 e. The molecule has 1 fully saturated rings. The fourth-order valence-corrected chi connectivity index (χ4v) is 2.37. The van der Waals surface area contributed by atoms with Gasteiger partial charge in [0.25, 0.3) is 0 Å². The third kappa shape index (κ3) is 3.96. The standard InChI is InChI=1S/C8H14N2O4S/c11-3-6(7(12)13)10-8(14)9-5-1-2-15-4-5/h5-6,11H,1-4H2,(H,12,13)(H2,9,10,14)/t5?,6-/m1/s1. The number of aliphatic carboxylic acids is 1. The number of amides is 2. The van der Waals surface area contributed by atoms with Crippen LogP contribution >= 0.6 is 11.8 Å². The maximum Gasteiger partial charge on any atom is 0.328 e. The van der Waals surface area contributed by atoms with Crippen LogP contribution in [0.2, 0.25) is 0 Å². The van der Waals surface area contributed by atoms with Gasteiger partial charge in [0, 0.05) is 11.8 Å². The molecule has 1 rings (SSSR count). The van der Waals surface area contributed by atoms with Gasteiger partial charge in [0.05, 0.1) is 6.61 Å². The van der Waals surface area contributed by atoms with Gasteiger partial charge in [0.2, 0.25) is 0 Å². The van der Waals surface area contributed by atoms with Crippen molar-refractivity contribution in [1.82, 2.24) is 10.6 Å². The molecule has 6 nitrogen and oxygen atoms in total. The lowest BCUT2D eigenvalue weighted by Gasteiger charge is -2.15. The first kappa shape index (κ1) is 12.1. The van der Waals surface area contributed by atoms with Crippen LogP contribution in [0, 0.1) is 0 Å². The number of hydrogen-bond donors (Lipinski definition) is 4. The van der Waals surface area contributed by atoms with Crippen LogP contribution in [0.4, 0.5) is 4.79 Å². The van der Waals surface area contributed by atoms with Crippen LogP contribution in [0.15, 0.2) is 0 Å². The van der Waals surface area contributed by atoms with Crippen LogP contribution < -0.4 is 10.6 Å². The fourth-order valence-electron chi connectivity index (χ4n) is 1.22. The summed E-state index contributed by atoms with van der Waals surface area (Å²) in [7, 11) is 0. The highest BCUT2D eigenvalue weighted by atomic mass is 32.2. The summed E-state index contributed by atoms with van der Waals surface area (Å²) in [6.45, 7) is -0.609. The molecule has 0 aromatic heterocycles. The molecule has 1 heterocycles. The molecule has 1 unspecified atom stereocenters. The number of carboxylic acid groups (broad SMARTS) is 1. The van der Waals surface area contributed by atoms with Crippen molar-refractivity contribution in [1.29, 1.82) is 0 Å². The van der Waals surface area contributed by atoms with E-state index < -0.39 is 24.6 Å². The Morgan fingerprint density at radius 2 is 2.27 bits per heavy atom. The zero-order chi connectivity index (χ0) is 11.3. The molecule has 0 spiro atoms. The van der Waals surface area contributed by atoms with E-state index in [0.29, 0.717) is 0 Å². The predicted molar refractivity (Wildman–Crippen MR) is 55.9 cm³/mol. The molecule has 15 heavy (non-hydrogen) atoms. The molecular formula is C8H14N2O4S. The van der Waals surface area contributed by atoms with Crippen molar-refractivity contribution in [3.05, 3.63) is 0 Å². The average Bonchev–Trinajstić information content (AvgIpc) is 2.66. The molecule has 86 valence electrons. The number of carboxylic acids is 1. The van der Waals surface area contributed by atoms with Gasteiger partial charge in [-0.3, -0.25) is 0 Å². The van der Waals surface area contributed by atoms with Crippen molar-refractivity contribution in [2.24, 2.45) is 0 Å². The zero-order valence-corrected chi connectivity index (χ0v) is 8.92. The Hall–Kier alpha value is -0.950. The summed E-state index contributed by atoms with van der Waals surface area (Å²) in [6, 6.07) is -1.67. The Balaban J connectivity index is 2.30. The van der Waals surface area contributed by atoms with E-state index in [-0.39, 0.29) is 6.04 Å². The number of rotatable bonds is 4. The average molecular weight is 234 g/mol. The van der Waals surface area contributed by atoms with Crippen molar-refractivity contribution in [3.8, 4) is 0 Å². The molecule has 0 saturated carbocycles. The molecule has 2 atom stereocenters. The summed E-state index contributed by atoms with van der Waals surface area (Å²) < 4.78 is 0. The molecular weight excluding hydrogens is 220 g/mol. The van der Waals surface area contributed by atoms with E-state index in [9.17, 15) is 9.59 Å². The van der Waals surface area contributed by atoms with Crippen molar-refractivity contribution in [2.75, 3.05) is 18.1 Å². The van der Waals surface area contributed by atoms with Crippen molar-refractivity contribution >= 4 is 23.8 Å². The highest BCUT2D eigenvalue weighted by molar-refractivity contribution is 7.99. The van der Waals surface area contributed by atoms with Crippen LogP contribution in [0.1, 0.15) is 6.42 Å². The Morgan fingerprint density at radius 1 is 1.53 bits per heavy atom. The first-order valence-corrected chi connectivity index (χ1v) is 5.77. The molecule has 1 aliphatic heterocycles. The first-order chi connectivity index (χ1) is 7.13. The second-order valence-electron chi connectivity index (χ2n) is 3.25. The van der Waals surface area contributed by atoms with Gasteiger partial charge in [-0.05, 0) is 12.2 Å². The van der Waals surface area contributed by atoms with Gasteiger partial charge in [-0.25, -0.2) is 9.59 Å². The van der Waals surface area contributed by atoms with E-state index in [1.807, 2.05) is 0 Å². The molecule has 4 N–H and O–H groups in total. The van der Waals surface area contributed by atoms with Crippen LogP contribution in [0.3, 0.4) is 0 Å². The molecule has 0 radical (unpaired) electrons. The Bertz CT molecular complexity index is 243. The largest absolute Gasteiger partial charge is 0.480 e. The normalized spacial score (nSPS) is 22.1. The van der Waals surface area contributed by atoms with Gasteiger partial charge in [0.1, 0.15) is 0 Å². The van der Waals surface area contributed by atoms with Gasteiger partial charge in [-0.2, -0.15) is 11.8 Å². The summed E-state index contributed by atoms with van der Waals surface area (Å²) in [6.07, 6.45) is 0.898. The third-order valence-electron chi connectivity index (χ3n) is 2.05. The highest BCUT2D eigenvalue weighted by Gasteiger charge is 2.22. The van der Waals surface area contributed by atoms with Gasteiger partial charge >= 0.3 is 12.0 Å². The molecule has 0 aliphatic carbocycles. The number of aliphatic hydroxyl groups excluding tert-OH is 1. The highest BCUT2D eigenvalue weighted by Crippen LogP contribution is 2.16. The smallest absolute Gasteiger partial charge is 0.328 e. The number of carbonyl (C=O) groups excluding carboxylic acids is 1. The number of thioether (sulfide) groups is 1. The van der Waals surface area contributed by atoms with E-state index in [0.717, 1.165) is 17.9 Å². The SMILES string of the molecule is O=C(NC1CCSC1)N[C@H](CO)C(=O)O. The Kier molecular flexibility index (Phi) is 4.70. The van der Waals surface area contributed by atoms with Crippen LogP contribution in [-0.2, 0) is 4.79 Å². The first-order valence-electron chi connectivity index (χ1n) is 4.62. The lowest BCUT2D eigenvalue weighted by Crippen LogP contribution is -2.50.